The van der Waals surface area contributed by atoms with Gasteiger partial charge in [0.1, 0.15) is 11.6 Å². The molecule has 8 aromatic rings. The molecule has 0 amide bonds. The summed E-state index contributed by atoms with van der Waals surface area (Å²) in [5.74, 6) is -0.174. The lowest BCUT2D eigenvalue weighted by atomic mass is 9.83. The molecule has 0 bridgehead atoms. The van der Waals surface area contributed by atoms with Gasteiger partial charge < -0.3 is 5.11 Å². The fourth-order valence-corrected chi connectivity index (χ4v) is 8.05. The van der Waals surface area contributed by atoms with Crippen LogP contribution in [0.15, 0.2) is 140 Å². The van der Waals surface area contributed by atoms with Crippen molar-refractivity contribution in [3.05, 3.63) is 167 Å². The van der Waals surface area contributed by atoms with Gasteiger partial charge in [0.2, 0.25) is 0 Å². The summed E-state index contributed by atoms with van der Waals surface area (Å²) in [7, 11) is 0. The van der Waals surface area contributed by atoms with Crippen molar-refractivity contribution in [2.45, 2.75) is 98.7 Å². The Kier molecular flexibility index (Phi) is 9.58. The van der Waals surface area contributed by atoms with Gasteiger partial charge in [0, 0.05) is 22.8 Å². The lowest BCUT2D eigenvalue weighted by Gasteiger charge is -2.22. The maximum absolute atomic E-state index is 11.7. The molecule has 0 atom stereocenters. The number of benzene rings is 6. The Morgan fingerprint density at radius 3 is 2.02 bits per heavy atom. The highest BCUT2D eigenvalue weighted by atomic mass is 16.3. The number of phenols is 1. The minimum Gasteiger partial charge on any atom is -0.507 e. The molecule has 2 heterocycles. The topological polar surface area (TPSA) is 50.9 Å². The normalized spacial score (nSPS) is 13.6. The molecule has 0 radical (unpaired) electrons. The number of hydrogen-bond donors (Lipinski definition) is 1. The van der Waals surface area contributed by atoms with Crippen LogP contribution < -0.4 is 0 Å². The average molecular weight is 806 g/mol. The van der Waals surface area contributed by atoms with E-state index in [9.17, 15) is 5.11 Å². The molecule has 0 aliphatic rings. The zero-order chi connectivity index (χ0) is 46.8. The quantitative estimate of drug-likeness (QED) is 0.166. The second-order valence-electron chi connectivity index (χ2n) is 19.0. The number of fused-ring (bicyclic) bond motifs is 1. The Hall–Kier alpha value is -6.26. The van der Waals surface area contributed by atoms with Crippen LogP contribution in [0, 0.1) is 6.85 Å². The van der Waals surface area contributed by atoms with Gasteiger partial charge in [-0.25, -0.2) is 4.98 Å². The standard InChI is InChI=1S/C57H59N3O/c1-35(2)41-27-42(36(3)4)29-43(28-41)39-20-22-51(37(5)26-39)60-52-19-15-18-48(54(52)59-55(60)49-34-46(56(6,7)8)21-23-53(49)61)44-30-45(32-47(31-44)57(9,10)11)50-33-40(24-25-58-50)38-16-13-12-14-17-38/h12-36,61H,1-11H3/i5D3,35D. The van der Waals surface area contributed by atoms with E-state index < -0.39 is 12.7 Å². The maximum Gasteiger partial charge on any atom is 0.149 e. The molecule has 1 N–H and O–H groups in total. The first-order valence-corrected chi connectivity index (χ1v) is 21.3. The molecular formula is C57H59N3O. The first-order valence-electron chi connectivity index (χ1n) is 23.3. The van der Waals surface area contributed by atoms with Gasteiger partial charge >= 0.3 is 0 Å². The first-order chi connectivity index (χ1) is 30.5. The molecule has 4 heteroatoms. The molecule has 61 heavy (non-hydrogen) atoms. The van der Waals surface area contributed by atoms with Crippen LogP contribution in [0.1, 0.15) is 114 Å². The maximum atomic E-state index is 11.7. The number of aromatic hydroxyl groups is 1. The summed E-state index contributed by atoms with van der Waals surface area (Å²) in [5.41, 5.74) is 13.5. The molecule has 308 valence electrons. The average Bonchev–Trinajstić information content (AvgIpc) is 3.64. The molecule has 0 aliphatic heterocycles. The second-order valence-corrected chi connectivity index (χ2v) is 19.0. The van der Waals surface area contributed by atoms with Gasteiger partial charge in [-0.3, -0.25) is 9.55 Å². The third-order valence-electron chi connectivity index (χ3n) is 11.8. The minimum atomic E-state index is -2.53. The van der Waals surface area contributed by atoms with Crippen LogP contribution in [0.3, 0.4) is 0 Å². The van der Waals surface area contributed by atoms with E-state index >= 15 is 0 Å². The first kappa shape index (κ1) is 36.6. The monoisotopic (exact) mass is 805 g/mol. The van der Waals surface area contributed by atoms with Crippen LogP contribution >= 0.6 is 0 Å². The van der Waals surface area contributed by atoms with Crippen LogP contribution in [-0.2, 0) is 10.8 Å². The van der Waals surface area contributed by atoms with Gasteiger partial charge in [-0.05, 0) is 140 Å². The number of hydrogen-bond acceptors (Lipinski definition) is 3. The molecule has 0 aliphatic carbocycles. The van der Waals surface area contributed by atoms with E-state index in [4.69, 9.17) is 15.5 Å². The predicted molar refractivity (Wildman–Crippen MR) is 258 cm³/mol. The van der Waals surface area contributed by atoms with Crippen LogP contribution in [0.5, 0.6) is 5.75 Å². The van der Waals surface area contributed by atoms with Crippen LogP contribution in [0.4, 0.5) is 0 Å². The summed E-state index contributed by atoms with van der Waals surface area (Å²) >= 11 is 0. The summed E-state index contributed by atoms with van der Waals surface area (Å²) < 4.78 is 37.8. The Bertz CT molecular complexity index is 3070. The van der Waals surface area contributed by atoms with Gasteiger partial charge in [0.15, 0.2) is 0 Å². The number of para-hydroxylation sites is 1. The zero-order valence-corrected chi connectivity index (χ0v) is 37.1. The highest BCUT2D eigenvalue weighted by molar-refractivity contribution is 5.97. The van der Waals surface area contributed by atoms with Gasteiger partial charge in [-0.15, -0.1) is 0 Å². The SMILES string of the molecule is [2H]C([2H])([2H])c1cc(-c2cc(C(C)C)cc(C([2H])(C)C)c2)ccc1-n1c(-c2cc(C(C)(C)C)ccc2O)nc2c(-c3cc(-c4cc(-c5ccccc5)ccn4)cc(C(C)(C)C)c3)cccc21. The van der Waals surface area contributed by atoms with E-state index in [-0.39, 0.29) is 28.1 Å². The van der Waals surface area contributed by atoms with E-state index in [2.05, 4.69) is 110 Å². The van der Waals surface area contributed by atoms with Crippen molar-refractivity contribution in [2.24, 2.45) is 0 Å². The number of nitrogens with zero attached hydrogens (tertiary/aromatic N) is 3. The van der Waals surface area contributed by atoms with E-state index in [0.717, 1.165) is 66.9 Å². The summed E-state index contributed by atoms with van der Waals surface area (Å²) in [6.07, 6.45) is 1.86. The fraction of sp³-hybridized carbons (Fsp3) is 0.263. The fourth-order valence-electron chi connectivity index (χ4n) is 8.05. The van der Waals surface area contributed by atoms with Crippen molar-refractivity contribution < 1.29 is 10.6 Å². The minimum absolute atomic E-state index is 0.0422. The molecule has 0 unspecified atom stereocenters. The molecule has 6 aromatic carbocycles. The van der Waals surface area contributed by atoms with Crippen molar-refractivity contribution in [1.29, 1.82) is 0 Å². The predicted octanol–water partition coefficient (Wildman–Crippen LogP) is 15.6. The summed E-state index contributed by atoms with van der Waals surface area (Å²) in [6, 6.07) is 44.5. The zero-order valence-electron chi connectivity index (χ0n) is 41.1. The van der Waals surface area contributed by atoms with Gasteiger partial charge in [0.25, 0.3) is 0 Å². The van der Waals surface area contributed by atoms with Gasteiger partial charge in [0.05, 0.1) is 28.0 Å². The Morgan fingerprint density at radius 1 is 0.590 bits per heavy atom. The van der Waals surface area contributed by atoms with Gasteiger partial charge in [-0.2, -0.15) is 0 Å². The van der Waals surface area contributed by atoms with E-state index in [1.54, 1.807) is 12.1 Å². The highest BCUT2D eigenvalue weighted by Gasteiger charge is 2.25. The Balaban J connectivity index is 1.41. The van der Waals surface area contributed by atoms with E-state index in [1.807, 2.05) is 91.3 Å². The lowest BCUT2D eigenvalue weighted by Crippen LogP contribution is -2.11. The molecule has 2 aromatic heterocycles. The van der Waals surface area contributed by atoms with Crippen LogP contribution in [-0.4, -0.2) is 19.6 Å². The van der Waals surface area contributed by atoms with E-state index in [1.165, 1.54) is 0 Å². The van der Waals surface area contributed by atoms with Crippen molar-refractivity contribution in [3.63, 3.8) is 0 Å². The Morgan fingerprint density at radius 2 is 1.31 bits per heavy atom. The Labute approximate surface area is 368 Å². The number of aromatic nitrogens is 3. The van der Waals surface area contributed by atoms with E-state index in [0.29, 0.717) is 28.1 Å². The van der Waals surface area contributed by atoms with Crippen LogP contribution in [0.25, 0.3) is 72.7 Å². The molecule has 0 saturated carbocycles. The number of imidazole rings is 1. The van der Waals surface area contributed by atoms with Crippen molar-refractivity contribution in [2.75, 3.05) is 0 Å². The number of aryl methyl sites for hydroxylation is 1. The molecule has 0 saturated heterocycles. The number of pyridine rings is 1. The largest absolute Gasteiger partial charge is 0.507 e. The van der Waals surface area contributed by atoms with Gasteiger partial charge in [-0.1, -0.05) is 148 Å². The molecule has 4 nitrogen and oxygen atoms in total. The molecule has 0 spiro atoms. The van der Waals surface area contributed by atoms with Crippen molar-refractivity contribution in [1.82, 2.24) is 14.5 Å². The second kappa shape index (κ2) is 16.0. The number of phenolic OH excluding ortho intramolecular Hbond substituents is 1. The number of rotatable bonds is 8. The lowest BCUT2D eigenvalue weighted by molar-refractivity contribution is 0.475. The third kappa shape index (κ3) is 8.29. The molecular weight excluding hydrogens is 743 g/mol. The van der Waals surface area contributed by atoms with Crippen LogP contribution in [0.2, 0.25) is 0 Å². The summed E-state index contributed by atoms with van der Waals surface area (Å²) in [4.78, 5) is 10.3. The smallest absolute Gasteiger partial charge is 0.149 e. The summed E-state index contributed by atoms with van der Waals surface area (Å²) in [6.45, 7) is 18.5. The third-order valence-corrected chi connectivity index (χ3v) is 11.8. The highest BCUT2D eigenvalue weighted by Crippen LogP contribution is 2.42. The summed E-state index contributed by atoms with van der Waals surface area (Å²) in [5, 5.41) is 11.7. The molecule has 8 rings (SSSR count). The van der Waals surface area contributed by atoms with Crippen molar-refractivity contribution in [3.8, 4) is 67.5 Å². The molecule has 0 fully saturated rings. The van der Waals surface area contributed by atoms with Crippen molar-refractivity contribution >= 4 is 11.0 Å².